The van der Waals surface area contributed by atoms with Gasteiger partial charge in [-0.15, -0.1) is 0 Å². The zero-order chi connectivity index (χ0) is 6.53. The van der Waals surface area contributed by atoms with Crippen LogP contribution in [0.25, 0.3) is 0 Å². The van der Waals surface area contributed by atoms with Gasteiger partial charge in [0.25, 0.3) is 0 Å². The molecule has 1 saturated heterocycles. The first-order chi connectivity index (χ1) is 4.43. The van der Waals surface area contributed by atoms with Crippen molar-refractivity contribution in [2.24, 2.45) is 0 Å². The van der Waals surface area contributed by atoms with Crippen molar-refractivity contribution in [3.63, 3.8) is 0 Å². The van der Waals surface area contributed by atoms with Crippen LogP contribution in [-0.2, 0) is 14.2 Å². The SMILES string of the molecule is COCC1COC[CH]O1. The fourth-order valence-electron chi connectivity index (χ4n) is 0.736. The minimum absolute atomic E-state index is 0.101. The van der Waals surface area contributed by atoms with E-state index in [0.29, 0.717) is 19.8 Å². The van der Waals surface area contributed by atoms with Gasteiger partial charge in [0.1, 0.15) is 12.7 Å². The summed E-state index contributed by atoms with van der Waals surface area (Å²) < 4.78 is 15.1. The molecule has 1 fully saturated rings. The summed E-state index contributed by atoms with van der Waals surface area (Å²) in [4.78, 5) is 0. The molecule has 0 amide bonds. The second kappa shape index (κ2) is 3.82. The highest BCUT2D eigenvalue weighted by Crippen LogP contribution is 2.02. The highest BCUT2D eigenvalue weighted by Gasteiger charge is 2.13. The number of ether oxygens (including phenoxy) is 3. The first kappa shape index (κ1) is 6.99. The van der Waals surface area contributed by atoms with Gasteiger partial charge in [-0.25, -0.2) is 0 Å². The van der Waals surface area contributed by atoms with E-state index in [9.17, 15) is 0 Å². The number of hydrogen-bond acceptors (Lipinski definition) is 3. The van der Waals surface area contributed by atoms with Crippen LogP contribution in [0.3, 0.4) is 0 Å². The summed E-state index contributed by atoms with van der Waals surface area (Å²) in [6, 6.07) is 0. The zero-order valence-corrected chi connectivity index (χ0v) is 5.50. The number of rotatable bonds is 2. The number of methoxy groups -OCH3 is 1. The van der Waals surface area contributed by atoms with Crippen LogP contribution in [0.4, 0.5) is 0 Å². The maximum absolute atomic E-state index is 5.14. The predicted octanol–water partition coefficient (Wildman–Crippen LogP) is 0.210. The lowest BCUT2D eigenvalue weighted by Gasteiger charge is -2.21. The second-order valence-corrected chi connectivity index (χ2v) is 1.92. The lowest BCUT2D eigenvalue weighted by molar-refractivity contribution is -0.0777. The van der Waals surface area contributed by atoms with E-state index in [1.807, 2.05) is 0 Å². The molecule has 0 spiro atoms. The maximum atomic E-state index is 5.14. The molecule has 1 atom stereocenters. The Balaban J connectivity index is 2.08. The molecule has 3 nitrogen and oxygen atoms in total. The minimum Gasteiger partial charge on any atom is -0.382 e. The van der Waals surface area contributed by atoms with Gasteiger partial charge in [-0.3, -0.25) is 0 Å². The molecule has 0 aliphatic carbocycles. The highest BCUT2D eigenvalue weighted by atomic mass is 16.6. The summed E-state index contributed by atoms with van der Waals surface area (Å²) in [5.74, 6) is 0. The van der Waals surface area contributed by atoms with Crippen molar-refractivity contribution in [3.8, 4) is 0 Å². The van der Waals surface area contributed by atoms with Crippen molar-refractivity contribution in [1.82, 2.24) is 0 Å². The van der Waals surface area contributed by atoms with E-state index in [2.05, 4.69) is 0 Å². The van der Waals surface area contributed by atoms with Gasteiger partial charge in [0.05, 0.1) is 19.8 Å². The molecule has 0 aromatic carbocycles. The van der Waals surface area contributed by atoms with Gasteiger partial charge in [0, 0.05) is 7.11 Å². The molecule has 1 radical (unpaired) electrons. The first-order valence-corrected chi connectivity index (χ1v) is 2.97. The van der Waals surface area contributed by atoms with Crippen LogP contribution in [0.2, 0.25) is 0 Å². The molecule has 1 aliphatic rings. The molecule has 1 heterocycles. The molecule has 0 N–H and O–H groups in total. The van der Waals surface area contributed by atoms with Crippen molar-refractivity contribution < 1.29 is 14.2 Å². The van der Waals surface area contributed by atoms with Crippen LogP contribution in [0.5, 0.6) is 0 Å². The van der Waals surface area contributed by atoms with E-state index in [4.69, 9.17) is 14.2 Å². The molecule has 1 rings (SSSR count). The third kappa shape index (κ3) is 2.30. The Morgan fingerprint density at radius 2 is 2.67 bits per heavy atom. The lowest BCUT2D eigenvalue weighted by Crippen LogP contribution is -2.29. The standard InChI is InChI=1S/C6H11O3/c1-7-4-6-5-8-2-3-9-6/h3,6H,2,4-5H2,1H3. The molecule has 1 aliphatic heterocycles. The van der Waals surface area contributed by atoms with E-state index in [-0.39, 0.29) is 6.10 Å². The summed E-state index contributed by atoms with van der Waals surface area (Å²) >= 11 is 0. The van der Waals surface area contributed by atoms with Crippen molar-refractivity contribution >= 4 is 0 Å². The molecular formula is C6H11O3. The molecule has 9 heavy (non-hydrogen) atoms. The summed E-state index contributed by atoms with van der Waals surface area (Å²) in [7, 11) is 1.65. The number of hydrogen-bond donors (Lipinski definition) is 0. The monoisotopic (exact) mass is 131 g/mol. The molecule has 0 bridgehead atoms. The van der Waals surface area contributed by atoms with E-state index in [1.165, 1.54) is 0 Å². The van der Waals surface area contributed by atoms with Crippen molar-refractivity contribution in [1.29, 1.82) is 0 Å². The Labute approximate surface area is 54.9 Å². The average Bonchev–Trinajstić information content (AvgIpc) is 1.91. The third-order valence-corrected chi connectivity index (χ3v) is 1.13. The molecule has 0 aromatic heterocycles. The van der Waals surface area contributed by atoms with E-state index >= 15 is 0 Å². The normalized spacial score (nSPS) is 28.3. The van der Waals surface area contributed by atoms with Gasteiger partial charge in [0.2, 0.25) is 0 Å². The summed E-state index contributed by atoms with van der Waals surface area (Å²) in [5.41, 5.74) is 0. The van der Waals surface area contributed by atoms with Crippen LogP contribution in [0, 0.1) is 6.61 Å². The fraction of sp³-hybridized carbons (Fsp3) is 0.833. The summed E-state index contributed by atoms with van der Waals surface area (Å²) in [6.07, 6.45) is 0.101. The predicted molar refractivity (Wildman–Crippen MR) is 31.9 cm³/mol. The van der Waals surface area contributed by atoms with Crippen LogP contribution in [0.15, 0.2) is 0 Å². The van der Waals surface area contributed by atoms with Crippen LogP contribution in [0.1, 0.15) is 0 Å². The quantitative estimate of drug-likeness (QED) is 0.536. The Bertz CT molecular complexity index is 65.9. The largest absolute Gasteiger partial charge is 0.382 e. The zero-order valence-electron chi connectivity index (χ0n) is 5.50. The topological polar surface area (TPSA) is 27.7 Å². The van der Waals surface area contributed by atoms with E-state index in [1.54, 1.807) is 13.7 Å². The minimum atomic E-state index is 0.101. The molecule has 0 aromatic rings. The van der Waals surface area contributed by atoms with Crippen LogP contribution >= 0.6 is 0 Å². The summed E-state index contributed by atoms with van der Waals surface area (Å²) in [6.45, 7) is 3.51. The third-order valence-electron chi connectivity index (χ3n) is 1.13. The van der Waals surface area contributed by atoms with Gasteiger partial charge in [0.15, 0.2) is 0 Å². The molecular weight excluding hydrogens is 120 g/mol. The van der Waals surface area contributed by atoms with Crippen molar-refractivity contribution in [3.05, 3.63) is 6.61 Å². The Morgan fingerprint density at radius 1 is 1.78 bits per heavy atom. The van der Waals surface area contributed by atoms with Crippen LogP contribution in [-0.4, -0.2) is 33.0 Å². The Kier molecular flexibility index (Phi) is 2.97. The second-order valence-electron chi connectivity index (χ2n) is 1.92. The van der Waals surface area contributed by atoms with E-state index < -0.39 is 0 Å². The van der Waals surface area contributed by atoms with Crippen LogP contribution < -0.4 is 0 Å². The highest BCUT2D eigenvalue weighted by molar-refractivity contribution is 4.64. The van der Waals surface area contributed by atoms with Gasteiger partial charge >= 0.3 is 0 Å². The molecule has 3 heteroatoms. The van der Waals surface area contributed by atoms with Crippen molar-refractivity contribution in [2.75, 3.05) is 26.9 Å². The first-order valence-electron chi connectivity index (χ1n) is 2.97. The van der Waals surface area contributed by atoms with E-state index in [0.717, 1.165) is 0 Å². The maximum Gasteiger partial charge on any atom is 0.110 e. The average molecular weight is 131 g/mol. The van der Waals surface area contributed by atoms with Crippen molar-refractivity contribution in [2.45, 2.75) is 6.10 Å². The summed E-state index contributed by atoms with van der Waals surface area (Å²) in [5, 5.41) is 0. The smallest absolute Gasteiger partial charge is 0.110 e. The van der Waals surface area contributed by atoms with Gasteiger partial charge in [-0.2, -0.15) is 0 Å². The molecule has 1 unspecified atom stereocenters. The Morgan fingerprint density at radius 3 is 3.22 bits per heavy atom. The van der Waals surface area contributed by atoms with Gasteiger partial charge in [-0.05, 0) is 0 Å². The fourth-order valence-corrected chi connectivity index (χ4v) is 0.736. The molecule has 53 valence electrons. The molecule has 0 saturated carbocycles. The van der Waals surface area contributed by atoms with Gasteiger partial charge in [-0.1, -0.05) is 0 Å². The lowest BCUT2D eigenvalue weighted by atomic mass is 10.4. The van der Waals surface area contributed by atoms with Gasteiger partial charge < -0.3 is 14.2 Å². The Hall–Kier alpha value is -0.120.